The van der Waals surface area contributed by atoms with E-state index in [-0.39, 0.29) is 34.6 Å². The molecule has 32 heavy (non-hydrogen) atoms. The number of anilines is 3. The predicted molar refractivity (Wildman–Crippen MR) is 122 cm³/mol. The fourth-order valence-corrected chi connectivity index (χ4v) is 4.91. The van der Waals surface area contributed by atoms with Crippen LogP contribution in [0.1, 0.15) is 47.3 Å². The minimum Gasteiger partial charge on any atom is -0.481 e. The number of thiazole rings is 1. The number of carboxylic acids is 1. The van der Waals surface area contributed by atoms with Crippen LogP contribution >= 0.6 is 11.3 Å². The van der Waals surface area contributed by atoms with Crippen LogP contribution in [0, 0.1) is 12.8 Å². The van der Waals surface area contributed by atoms with Gasteiger partial charge in [0.15, 0.2) is 10.9 Å². The summed E-state index contributed by atoms with van der Waals surface area (Å²) in [4.78, 5) is 40.5. The Kier molecular flexibility index (Phi) is 7.14. The van der Waals surface area contributed by atoms with Crippen molar-refractivity contribution in [2.45, 2.75) is 39.0 Å². The highest BCUT2D eigenvalue weighted by atomic mass is 32.2. The van der Waals surface area contributed by atoms with Gasteiger partial charge in [0, 0.05) is 16.9 Å². The summed E-state index contributed by atoms with van der Waals surface area (Å²) in [7, 11) is -3.57. The van der Waals surface area contributed by atoms with E-state index in [1.165, 1.54) is 11.4 Å². The van der Waals surface area contributed by atoms with E-state index >= 15 is 0 Å². The summed E-state index contributed by atoms with van der Waals surface area (Å²) >= 11 is 1.07. The number of aryl methyl sites for hydroxylation is 1. The third-order valence-electron chi connectivity index (χ3n) is 5.00. The molecule has 0 spiro atoms. The Morgan fingerprint density at radius 3 is 2.47 bits per heavy atom. The number of Topliss-reactive ketones (excluding diaryl/α,β-unsaturated/α-hetero) is 1. The highest BCUT2D eigenvalue weighted by Crippen LogP contribution is 2.33. The van der Waals surface area contributed by atoms with Crippen molar-refractivity contribution in [1.29, 1.82) is 0 Å². The number of amides is 2. The second kappa shape index (κ2) is 9.65. The minimum absolute atomic E-state index is 0.0928. The number of ketones is 1. The third-order valence-corrected chi connectivity index (χ3v) is 6.40. The number of urea groups is 1. The number of benzene rings is 1. The van der Waals surface area contributed by atoms with Crippen molar-refractivity contribution >= 4 is 55.7 Å². The highest BCUT2D eigenvalue weighted by molar-refractivity contribution is 7.92. The van der Waals surface area contributed by atoms with Gasteiger partial charge in [-0.05, 0) is 37.5 Å². The molecule has 1 aromatic heterocycles. The van der Waals surface area contributed by atoms with Crippen LogP contribution in [0.15, 0.2) is 17.5 Å². The van der Waals surface area contributed by atoms with Crippen LogP contribution in [-0.2, 0) is 21.2 Å². The molecule has 2 aromatic rings. The zero-order valence-corrected chi connectivity index (χ0v) is 19.2. The van der Waals surface area contributed by atoms with Crippen LogP contribution in [0.25, 0.3) is 0 Å². The van der Waals surface area contributed by atoms with E-state index in [2.05, 4.69) is 20.3 Å². The number of hydrogen-bond donors (Lipinski definition) is 4. The number of aliphatic carboxylic acids is 1. The molecule has 0 atom stereocenters. The molecule has 172 valence electrons. The van der Waals surface area contributed by atoms with Crippen molar-refractivity contribution in [1.82, 2.24) is 4.98 Å². The van der Waals surface area contributed by atoms with Crippen LogP contribution in [0.2, 0.25) is 0 Å². The van der Waals surface area contributed by atoms with Gasteiger partial charge in [-0.2, -0.15) is 0 Å². The SMILES string of the molecule is Cc1cc(C(=O)C2CCCC2)c(NC(=O)Nc2nc(CC(=O)O)cs2)cc1NS(C)(=O)=O. The van der Waals surface area contributed by atoms with E-state index in [0.29, 0.717) is 16.8 Å². The van der Waals surface area contributed by atoms with Gasteiger partial charge in [-0.25, -0.2) is 18.2 Å². The van der Waals surface area contributed by atoms with Crippen molar-refractivity contribution in [3.8, 4) is 0 Å². The normalized spacial score (nSPS) is 14.2. The van der Waals surface area contributed by atoms with Gasteiger partial charge in [-0.3, -0.25) is 19.6 Å². The summed E-state index contributed by atoms with van der Waals surface area (Å²) < 4.78 is 25.8. The van der Waals surface area contributed by atoms with E-state index in [1.807, 2.05) is 0 Å². The molecule has 10 nitrogen and oxygen atoms in total. The summed E-state index contributed by atoms with van der Waals surface area (Å²) in [5.74, 6) is -1.26. The molecule has 0 saturated heterocycles. The Balaban J connectivity index is 1.86. The first-order valence-electron chi connectivity index (χ1n) is 9.92. The van der Waals surface area contributed by atoms with E-state index in [0.717, 1.165) is 43.3 Å². The second-order valence-corrected chi connectivity index (χ2v) is 10.3. The molecule has 12 heteroatoms. The fraction of sp³-hybridized carbons (Fsp3) is 0.400. The third kappa shape index (κ3) is 6.26. The average Bonchev–Trinajstić information content (AvgIpc) is 3.34. The zero-order valence-electron chi connectivity index (χ0n) is 17.6. The number of aromatic nitrogens is 1. The zero-order chi connectivity index (χ0) is 23.5. The number of nitrogens with zero attached hydrogens (tertiary/aromatic N) is 1. The van der Waals surface area contributed by atoms with Crippen LogP contribution in [0.5, 0.6) is 0 Å². The van der Waals surface area contributed by atoms with Gasteiger partial charge in [0.25, 0.3) is 0 Å². The molecule has 1 aliphatic carbocycles. The summed E-state index contributed by atoms with van der Waals surface area (Å²) in [6.45, 7) is 1.68. The molecule has 4 N–H and O–H groups in total. The number of rotatable bonds is 8. The van der Waals surface area contributed by atoms with Crippen molar-refractivity contribution in [3.05, 3.63) is 34.3 Å². The Bertz CT molecular complexity index is 1150. The summed E-state index contributed by atoms with van der Waals surface area (Å²) in [6.07, 6.45) is 4.24. The molecular weight excluding hydrogens is 456 g/mol. The first kappa shape index (κ1) is 23.7. The summed E-state index contributed by atoms with van der Waals surface area (Å²) in [5, 5.41) is 15.7. The van der Waals surface area contributed by atoms with Gasteiger partial charge in [-0.15, -0.1) is 11.3 Å². The maximum Gasteiger partial charge on any atom is 0.325 e. The molecule has 1 aliphatic rings. The maximum absolute atomic E-state index is 13.1. The summed E-state index contributed by atoms with van der Waals surface area (Å²) in [6, 6.07) is 2.32. The van der Waals surface area contributed by atoms with E-state index in [1.54, 1.807) is 13.0 Å². The topological polar surface area (TPSA) is 155 Å². The van der Waals surface area contributed by atoms with Crippen LogP contribution in [0.4, 0.5) is 21.3 Å². The number of hydrogen-bond acceptors (Lipinski definition) is 7. The smallest absolute Gasteiger partial charge is 0.325 e. The van der Waals surface area contributed by atoms with E-state index in [9.17, 15) is 22.8 Å². The van der Waals surface area contributed by atoms with Gasteiger partial charge in [0.1, 0.15) is 0 Å². The first-order chi connectivity index (χ1) is 15.0. The molecular formula is C20H24N4O6S2. The molecule has 1 fully saturated rings. The van der Waals surface area contributed by atoms with Crippen LogP contribution in [-0.4, -0.2) is 42.5 Å². The van der Waals surface area contributed by atoms with Gasteiger partial charge >= 0.3 is 12.0 Å². The van der Waals surface area contributed by atoms with E-state index in [4.69, 9.17) is 5.11 Å². The molecule has 2 amide bonds. The Morgan fingerprint density at radius 1 is 1.16 bits per heavy atom. The molecule has 1 heterocycles. The largest absolute Gasteiger partial charge is 0.481 e. The molecule has 1 aromatic carbocycles. The fourth-order valence-electron chi connectivity index (χ4n) is 3.58. The lowest BCUT2D eigenvalue weighted by atomic mass is 9.93. The van der Waals surface area contributed by atoms with Gasteiger partial charge in [0.2, 0.25) is 10.0 Å². The lowest BCUT2D eigenvalue weighted by Crippen LogP contribution is -2.23. The van der Waals surface area contributed by atoms with E-state index < -0.39 is 22.0 Å². The van der Waals surface area contributed by atoms with Gasteiger partial charge < -0.3 is 10.4 Å². The van der Waals surface area contributed by atoms with Crippen molar-refractivity contribution < 1.29 is 27.9 Å². The number of carboxylic acid groups (broad SMARTS) is 1. The second-order valence-electron chi connectivity index (χ2n) is 7.73. The lowest BCUT2D eigenvalue weighted by Gasteiger charge is -2.17. The minimum atomic E-state index is -3.57. The van der Waals surface area contributed by atoms with Crippen molar-refractivity contribution in [2.24, 2.45) is 5.92 Å². The Hall–Kier alpha value is -2.99. The number of carbonyl (C=O) groups is 3. The monoisotopic (exact) mass is 480 g/mol. The molecule has 3 rings (SSSR count). The average molecular weight is 481 g/mol. The molecule has 0 bridgehead atoms. The van der Waals surface area contributed by atoms with Crippen LogP contribution in [0.3, 0.4) is 0 Å². The molecule has 1 saturated carbocycles. The Morgan fingerprint density at radius 2 is 1.84 bits per heavy atom. The van der Waals surface area contributed by atoms with Crippen molar-refractivity contribution in [2.75, 3.05) is 21.6 Å². The van der Waals surface area contributed by atoms with Gasteiger partial charge in [0.05, 0.1) is 29.7 Å². The number of carbonyl (C=O) groups excluding carboxylic acids is 2. The maximum atomic E-state index is 13.1. The van der Waals surface area contributed by atoms with Crippen molar-refractivity contribution in [3.63, 3.8) is 0 Å². The van der Waals surface area contributed by atoms with Gasteiger partial charge in [-0.1, -0.05) is 12.8 Å². The standard InChI is InChI=1S/C20H24N4O6S2/c1-11-7-14(18(27)12-5-3-4-6-12)16(9-15(11)24-32(2,29)30)22-19(28)23-20-21-13(10-31-20)8-17(25)26/h7,9-10,12,24H,3-6,8H2,1-2H3,(H,25,26)(H2,21,22,23,28). The quantitative estimate of drug-likeness (QED) is 0.422. The first-order valence-corrected chi connectivity index (χ1v) is 12.7. The predicted octanol–water partition coefficient (Wildman–Crippen LogP) is 3.47. The molecule has 0 radical (unpaired) electrons. The number of nitrogens with one attached hydrogen (secondary N) is 3. The molecule has 0 unspecified atom stereocenters. The highest BCUT2D eigenvalue weighted by Gasteiger charge is 2.27. The summed E-state index contributed by atoms with van der Waals surface area (Å²) in [5.41, 5.74) is 1.61. The number of sulfonamides is 1. The Labute approximate surface area is 189 Å². The van der Waals surface area contributed by atoms with Crippen LogP contribution < -0.4 is 15.4 Å². The lowest BCUT2D eigenvalue weighted by molar-refractivity contribution is -0.136. The molecule has 0 aliphatic heterocycles.